The van der Waals surface area contributed by atoms with E-state index >= 15 is 0 Å². The highest BCUT2D eigenvalue weighted by Crippen LogP contribution is 2.16. The van der Waals surface area contributed by atoms with E-state index in [1.807, 2.05) is 7.05 Å². The highest BCUT2D eigenvalue weighted by Gasteiger charge is 2.24. The van der Waals surface area contributed by atoms with E-state index in [1.54, 1.807) is 0 Å². The van der Waals surface area contributed by atoms with E-state index in [0.29, 0.717) is 0 Å². The number of aliphatic hydroxyl groups excluding tert-OH is 1. The maximum atomic E-state index is 8.70. The number of hydrogen-bond donors (Lipinski definition) is 2. The van der Waals surface area contributed by atoms with Gasteiger partial charge in [-0.25, -0.2) is 0 Å². The summed E-state index contributed by atoms with van der Waals surface area (Å²) in [6.07, 6.45) is -0.205. The first-order chi connectivity index (χ1) is 4.20. The number of nitrogens with zero attached hydrogens (tertiary/aromatic N) is 1. The van der Waals surface area contributed by atoms with Crippen LogP contribution in [0.4, 0.5) is 0 Å². The molecule has 1 rings (SSSR count). The van der Waals surface area contributed by atoms with Crippen molar-refractivity contribution >= 4 is 0 Å². The summed E-state index contributed by atoms with van der Waals surface area (Å²) in [5.74, 6) is 0.0787. The average Bonchev–Trinajstić information content (AvgIpc) is 2.14. The van der Waals surface area contributed by atoms with Crippen LogP contribution in [0.15, 0.2) is 0 Å². The topological polar surface area (TPSA) is 43.7 Å². The van der Waals surface area contributed by atoms with Crippen molar-refractivity contribution in [3.8, 4) is 0 Å². The maximum Gasteiger partial charge on any atom is 0.155 e. The van der Waals surface area contributed by atoms with Crippen molar-refractivity contribution in [3.63, 3.8) is 0 Å². The van der Waals surface area contributed by atoms with E-state index in [4.69, 9.17) is 10.2 Å². The molecular weight excluding hydrogens is 118 g/mol. The van der Waals surface area contributed by atoms with Crippen molar-refractivity contribution in [2.24, 2.45) is 5.92 Å². The summed E-state index contributed by atoms with van der Waals surface area (Å²) in [7, 11) is 1.99. The van der Waals surface area contributed by atoms with Gasteiger partial charge in [-0.2, -0.15) is 0 Å². The first kappa shape index (κ1) is 6.99. The molecule has 0 saturated carbocycles. The lowest BCUT2D eigenvalue weighted by Crippen LogP contribution is -2.22. The second kappa shape index (κ2) is 2.64. The quantitative estimate of drug-likeness (QED) is 0.460. The van der Waals surface area contributed by atoms with Crippen LogP contribution in [0, 0.1) is 5.92 Å². The van der Waals surface area contributed by atoms with E-state index in [-0.39, 0.29) is 5.92 Å². The van der Waals surface area contributed by atoms with Crippen LogP contribution >= 0.6 is 0 Å². The van der Waals surface area contributed by atoms with Crippen molar-refractivity contribution in [3.05, 3.63) is 0 Å². The number of hydrogen-bond acceptors (Lipinski definition) is 3. The van der Waals surface area contributed by atoms with Gasteiger partial charge in [0.25, 0.3) is 0 Å². The van der Waals surface area contributed by atoms with Crippen LogP contribution in [0.25, 0.3) is 0 Å². The minimum absolute atomic E-state index is 0.0787. The van der Waals surface area contributed by atoms with Crippen LogP contribution < -0.4 is 0 Å². The summed E-state index contributed by atoms with van der Waals surface area (Å²) in [6.45, 7) is 1.81. The highest BCUT2D eigenvalue weighted by molar-refractivity contribution is 4.73. The molecular formula is C6H13NO2. The van der Waals surface area contributed by atoms with E-state index in [9.17, 15) is 0 Å². The summed E-state index contributed by atoms with van der Waals surface area (Å²) >= 11 is 0. The molecule has 3 nitrogen and oxygen atoms in total. The predicted molar refractivity (Wildman–Crippen MR) is 33.8 cm³/mol. The molecule has 1 aliphatic heterocycles. The molecule has 0 bridgehead atoms. The molecule has 0 unspecified atom stereocenters. The van der Waals surface area contributed by atoms with Crippen LogP contribution in [0.2, 0.25) is 0 Å². The van der Waals surface area contributed by atoms with Crippen molar-refractivity contribution in [1.29, 1.82) is 0 Å². The van der Waals surface area contributed by atoms with Gasteiger partial charge in [0.1, 0.15) is 0 Å². The summed E-state index contributed by atoms with van der Waals surface area (Å²) < 4.78 is 0. The Labute approximate surface area is 54.9 Å². The van der Waals surface area contributed by atoms with Crippen LogP contribution in [-0.2, 0) is 0 Å². The molecule has 0 aliphatic carbocycles. The van der Waals surface area contributed by atoms with Gasteiger partial charge in [0.15, 0.2) is 6.29 Å². The Kier molecular flexibility index (Phi) is 2.05. The fraction of sp³-hybridized carbons (Fsp3) is 1.00. The molecule has 3 heteroatoms. The molecule has 1 atom stereocenters. The second-order valence-corrected chi connectivity index (χ2v) is 2.72. The Bertz CT molecular complexity index is 95.1. The Hall–Kier alpha value is -0.120. The van der Waals surface area contributed by atoms with Gasteiger partial charge in [0.2, 0.25) is 0 Å². The monoisotopic (exact) mass is 131 g/mol. The van der Waals surface area contributed by atoms with Crippen molar-refractivity contribution in [1.82, 2.24) is 4.90 Å². The van der Waals surface area contributed by atoms with Gasteiger partial charge < -0.3 is 15.1 Å². The Morgan fingerprint density at radius 3 is 2.44 bits per heavy atom. The van der Waals surface area contributed by atoms with Crippen LogP contribution in [-0.4, -0.2) is 41.5 Å². The van der Waals surface area contributed by atoms with E-state index in [1.165, 1.54) is 0 Å². The normalized spacial score (nSPS) is 30.0. The molecule has 2 N–H and O–H groups in total. The minimum atomic E-state index is -1.12. The first-order valence-electron chi connectivity index (χ1n) is 3.25. The zero-order chi connectivity index (χ0) is 6.85. The smallest absolute Gasteiger partial charge is 0.155 e. The molecule has 1 saturated heterocycles. The molecule has 0 aromatic carbocycles. The third kappa shape index (κ3) is 1.64. The average molecular weight is 131 g/mol. The van der Waals surface area contributed by atoms with Gasteiger partial charge in [-0.3, -0.25) is 0 Å². The Morgan fingerprint density at radius 1 is 1.56 bits per heavy atom. The van der Waals surface area contributed by atoms with Crippen LogP contribution in [0.3, 0.4) is 0 Å². The summed E-state index contributed by atoms with van der Waals surface area (Å²) in [5, 5.41) is 17.4. The molecule has 1 fully saturated rings. The first-order valence-corrected chi connectivity index (χ1v) is 3.25. The zero-order valence-electron chi connectivity index (χ0n) is 5.62. The molecule has 0 spiro atoms. The Balaban J connectivity index is 2.30. The fourth-order valence-electron chi connectivity index (χ4n) is 1.21. The molecule has 0 radical (unpaired) electrons. The van der Waals surface area contributed by atoms with Crippen molar-refractivity contribution in [2.45, 2.75) is 12.7 Å². The molecule has 54 valence electrons. The lowest BCUT2D eigenvalue weighted by atomic mass is 10.1. The number of rotatable bonds is 1. The SMILES string of the molecule is CN1CC[C@@H](C(O)O)C1. The zero-order valence-corrected chi connectivity index (χ0v) is 5.62. The van der Waals surface area contributed by atoms with Gasteiger partial charge in [-0.05, 0) is 20.0 Å². The lowest BCUT2D eigenvalue weighted by molar-refractivity contribution is -0.0796. The highest BCUT2D eigenvalue weighted by atomic mass is 16.5. The second-order valence-electron chi connectivity index (χ2n) is 2.72. The van der Waals surface area contributed by atoms with Gasteiger partial charge in [0.05, 0.1) is 0 Å². The van der Waals surface area contributed by atoms with Crippen LogP contribution in [0.5, 0.6) is 0 Å². The largest absolute Gasteiger partial charge is 0.368 e. The number of aliphatic hydroxyl groups is 2. The van der Waals surface area contributed by atoms with E-state index < -0.39 is 6.29 Å². The molecule has 1 aliphatic rings. The third-order valence-electron chi connectivity index (χ3n) is 1.85. The summed E-state index contributed by atoms with van der Waals surface area (Å²) in [6, 6.07) is 0. The Morgan fingerprint density at radius 2 is 2.22 bits per heavy atom. The minimum Gasteiger partial charge on any atom is -0.368 e. The lowest BCUT2D eigenvalue weighted by Gasteiger charge is -2.11. The van der Waals surface area contributed by atoms with Gasteiger partial charge in [-0.1, -0.05) is 0 Å². The molecule has 0 aromatic heterocycles. The fourth-order valence-corrected chi connectivity index (χ4v) is 1.21. The third-order valence-corrected chi connectivity index (χ3v) is 1.85. The van der Waals surface area contributed by atoms with E-state index in [0.717, 1.165) is 19.5 Å². The van der Waals surface area contributed by atoms with Crippen molar-refractivity contribution in [2.75, 3.05) is 20.1 Å². The van der Waals surface area contributed by atoms with Gasteiger partial charge >= 0.3 is 0 Å². The predicted octanol–water partition coefficient (Wildman–Crippen LogP) is -0.751. The van der Waals surface area contributed by atoms with Crippen molar-refractivity contribution < 1.29 is 10.2 Å². The van der Waals surface area contributed by atoms with Gasteiger partial charge in [0, 0.05) is 12.5 Å². The molecule has 0 amide bonds. The summed E-state index contributed by atoms with van der Waals surface area (Å²) in [4.78, 5) is 2.10. The molecule has 0 aromatic rings. The van der Waals surface area contributed by atoms with E-state index in [2.05, 4.69) is 4.90 Å². The summed E-state index contributed by atoms with van der Waals surface area (Å²) in [5.41, 5.74) is 0. The van der Waals surface area contributed by atoms with Gasteiger partial charge in [-0.15, -0.1) is 0 Å². The van der Waals surface area contributed by atoms with Crippen LogP contribution in [0.1, 0.15) is 6.42 Å². The molecule has 1 heterocycles. The maximum absolute atomic E-state index is 8.70. The standard InChI is InChI=1S/C6H13NO2/c1-7-3-2-5(4-7)6(8)9/h5-6,8-9H,2-4H2,1H3/t5-/m1/s1. The number of likely N-dealkylation sites (tertiary alicyclic amines) is 1. The molecule has 9 heavy (non-hydrogen) atoms.